The third kappa shape index (κ3) is 2.85. The Kier molecular flexibility index (Phi) is 3.90. The molecule has 24 heavy (non-hydrogen) atoms. The van der Waals surface area contributed by atoms with Crippen LogP contribution in [-0.2, 0) is 10.0 Å². The number of aliphatic imine (C=N–C) groups is 1. The molecule has 0 saturated carbocycles. The highest BCUT2D eigenvalue weighted by molar-refractivity contribution is 8.14. The van der Waals surface area contributed by atoms with Crippen LogP contribution in [0, 0.1) is 6.92 Å². The minimum atomic E-state index is -3.57. The molecule has 3 heterocycles. The summed E-state index contributed by atoms with van der Waals surface area (Å²) < 4.78 is 28.1. The molecule has 2 aromatic heterocycles. The molecule has 0 spiro atoms. The molecule has 0 fully saturated rings. The molecule has 0 saturated heterocycles. The minimum Gasteiger partial charge on any atom is -0.351 e. The van der Waals surface area contributed by atoms with Gasteiger partial charge in [0, 0.05) is 17.7 Å². The summed E-state index contributed by atoms with van der Waals surface area (Å²) in [6.07, 6.45) is 0. The second-order valence-corrected chi connectivity index (χ2v) is 9.47. The Balaban J connectivity index is 1.80. The first-order valence-electron chi connectivity index (χ1n) is 7.40. The van der Waals surface area contributed by atoms with Crippen LogP contribution in [0.1, 0.15) is 11.3 Å². The molecule has 0 atom stereocenters. The number of sulfonamides is 1. The van der Waals surface area contributed by atoms with Gasteiger partial charge in [-0.05, 0) is 42.1 Å². The minimum absolute atomic E-state index is 0.305. The van der Waals surface area contributed by atoms with Gasteiger partial charge in [0.25, 0.3) is 10.0 Å². The van der Waals surface area contributed by atoms with Crippen LogP contribution >= 0.6 is 23.1 Å². The molecule has 3 aromatic rings. The van der Waals surface area contributed by atoms with Crippen molar-refractivity contribution >= 4 is 54.8 Å². The zero-order valence-corrected chi connectivity index (χ0v) is 15.3. The number of aromatic nitrogens is 1. The number of fused-ring (bicyclic) bond motifs is 1. The number of anilines is 1. The number of nitrogens with one attached hydrogen (secondary N) is 2. The number of aryl methyl sites for hydroxylation is 1. The van der Waals surface area contributed by atoms with Gasteiger partial charge in [-0.15, -0.1) is 23.1 Å². The van der Waals surface area contributed by atoms with Crippen molar-refractivity contribution in [3.63, 3.8) is 0 Å². The molecular formula is C16H15N3O2S3. The first-order valence-corrected chi connectivity index (χ1v) is 10.7. The van der Waals surface area contributed by atoms with E-state index < -0.39 is 10.0 Å². The van der Waals surface area contributed by atoms with Crippen LogP contribution in [0.4, 0.5) is 5.69 Å². The van der Waals surface area contributed by atoms with Gasteiger partial charge in [0.15, 0.2) is 0 Å². The molecule has 0 radical (unpaired) electrons. The third-order valence-electron chi connectivity index (χ3n) is 3.69. The normalized spacial score (nSPS) is 15.0. The number of nitrogens with zero attached hydrogens (tertiary/aromatic N) is 1. The number of hydrogen-bond acceptors (Lipinski definition) is 5. The lowest BCUT2D eigenvalue weighted by atomic mass is 10.1. The van der Waals surface area contributed by atoms with E-state index in [2.05, 4.69) is 14.7 Å². The summed E-state index contributed by atoms with van der Waals surface area (Å²) in [7, 11) is -3.57. The van der Waals surface area contributed by atoms with E-state index in [-0.39, 0.29) is 0 Å². The molecule has 4 rings (SSSR count). The number of aromatic amines is 1. The van der Waals surface area contributed by atoms with Gasteiger partial charge in [0.05, 0.1) is 16.9 Å². The molecule has 0 unspecified atom stereocenters. The summed E-state index contributed by atoms with van der Waals surface area (Å²) >= 11 is 2.91. The van der Waals surface area contributed by atoms with Crippen molar-refractivity contribution in [2.24, 2.45) is 4.99 Å². The molecule has 1 aromatic carbocycles. The van der Waals surface area contributed by atoms with E-state index in [1.54, 1.807) is 29.3 Å². The zero-order valence-electron chi connectivity index (χ0n) is 12.9. The molecule has 8 heteroatoms. The summed E-state index contributed by atoms with van der Waals surface area (Å²) in [5, 5.41) is 3.71. The van der Waals surface area contributed by atoms with Crippen molar-refractivity contribution in [1.29, 1.82) is 0 Å². The van der Waals surface area contributed by atoms with Gasteiger partial charge in [-0.2, -0.15) is 0 Å². The Morgan fingerprint density at radius 3 is 2.88 bits per heavy atom. The standard InChI is InChI=1S/C16H15N3O2S3/c1-10-7-11-9-13(16-17-4-6-23-16)18-15(11)12(8-10)19-24(20,21)14-3-2-5-22-14/h2-3,5,7-9,18-19H,4,6H2,1H3. The highest BCUT2D eigenvalue weighted by Crippen LogP contribution is 2.30. The van der Waals surface area contributed by atoms with E-state index in [0.29, 0.717) is 9.90 Å². The highest BCUT2D eigenvalue weighted by atomic mass is 32.2. The lowest BCUT2D eigenvalue weighted by molar-refractivity contribution is 0.603. The molecular weight excluding hydrogens is 362 g/mol. The topological polar surface area (TPSA) is 74.3 Å². The van der Waals surface area contributed by atoms with E-state index >= 15 is 0 Å². The number of benzene rings is 1. The molecule has 5 nitrogen and oxygen atoms in total. The van der Waals surface area contributed by atoms with Crippen LogP contribution < -0.4 is 4.72 Å². The Labute approximate surface area is 148 Å². The van der Waals surface area contributed by atoms with E-state index in [9.17, 15) is 8.42 Å². The SMILES string of the molecule is Cc1cc(NS(=O)(=O)c2cccs2)c2[nH]c(C3=NCCS3)cc2c1. The van der Waals surface area contributed by atoms with Gasteiger partial charge in [-0.1, -0.05) is 6.07 Å². The first kappa shape index (κ1) is 15.7. The number of hydrogen-bond donors (Lipinski definition) is 2. The van der Waals surface area contributed by atoms with E-state index in [1.807, 2.05) is 25.1 Å². The van der Waals surface area contributed by atoms with Crippen molar-refractivity contribution in [1.82, 2.24) is 4.98 Å². The Hall–Kier alpha value is -1.77. The molecule has 2 N–H and O–H groups in total. The van der Waals surface area contributed by atoms with Crippen molar-refractivity contribution in [3.8, 4) is 0 Å². The van der Waals surface area contributed by atoms with Gasteiger partial charge in [0.2, 0.25) is 0 Å². The van der Waals surface area contributed by atoms with E-state index in [4.69, 9.17) is 0 Å². The van der Waals surface area contributed by atoms with Crippen LogP contribution in [0.5, 0.6) is 0 Å². The van der Waals surface area contributed by atoms with Gasteiger partial charge in [-0.3, -0.25) is 9.71 Å². The van der Waals surface area contributed by atoms with Crippen molar-refractivity contribution in [3.05, 3.63) is 47.0 Å². The fraction of sp³-hybridized carbons (Fsp3) is 0.188. The Bertz CT molecular complexity index is 1030. The molecule has 1 aliphatic rings. The number of thioether (sulfide) groups is 1. The fourth-order valence-corrected chi connectivity index (χ4v) is 5.58. The summed E-state index contributed by atoms with van der Waals surface area (Å²) in [5.41, 5.74) is 3.28. The summed E-state index contributed by atoms with van der Waals surface area (Å²) in [5.74, 6) is 0.988. The van der Waals surface area contributed by atoms with Crippen LogP contribution in [0.2, 0.25) is 0 Å². The molecule has 0 amide bonds. The van der Waals surface area contributed by atoms with Gasteiger partial charge in [0.1, 0.15) is 9.25 Å². The Morgan fingerprint density at radius 2 is 2.17 bits per heavy atom. The number of rotatable bonds is 4. The smallest absolute Gasteiger partial charge is 0.271 e. The predicted octanol–water partition coefficient (Wildman–Crippen LogP) is 3.83. The maximum absolute atomic E-state index is 12.5. The monoisotopic (exact) mass is 377 g/mol. The third-order valence-corrected chi connectivity index (χ3v) is 7.46. The zero-order chi connectivity index (χ0) is 16.7. The average Bonchev–Trinajstić information content (AvgIpc) is 3.27. The maximum Gasteiger partial charge on any atom is 0.271 e. The maximum atomic E-state index is 12.5. The molecule has 0 aliphatic carbocycles. The van der Waals surface area contributed by atoms with Gasteiger partial charge >= 0.3 is 0 Å². The van der Waals surface area contributed by atoms with Crippen LogP contribution in [0.3, 0.4) is 0 Å². The number of H-pyrrole nitrogens is 1. The molecule has 1 aliphatic heterocycles. The van der Waals surface area contributed by atoms with Crippen molar-refractivity contribution in [2.75, 3.05) is 17.0 Å². The molecule has 124 valence electrons. The lowest BCUT2D eigenvalue weighted by Crippen LogP contribution is -2.12. The number of thiophene rings is 1. The van der Waals surface area contributed by atoms with Crippen LogP contribution in [0.25, 0.3) is 10.9 Å². The molecule has 0 bridgehead atoms. The van der Waals surface area contributed by atoms with Crippen molar-refractivity contribution < 1.29 is 8.42 Å². The second-order valence-electron chi connectivity index (χ2n) is 5.53. The Morgan fingerprint density at radius 1 is 1.29 bits per heavy atom. The average molecular weight is 378 g/mol. The quantitative estimate of drug-likeness (QED) is 0.726. The van der Waals surface area contributed by atoms with Gasteiger partial charge < -0.3 is 4.98 Å². The summed E-state index contributed by atoms with van der Waals surface area (Å²) in [6, 6.07) is 9.25. The van der Waals surface area contributed by atoms with Crippen LogP contribution in [0.15, 0.2) is 44.9 Å². The van der Waals surface area contributed by atoms with E-state index in [0.717, 1.165) is 39.5 Å². The summed E-state index contributed by atoms with van der Waals surface area (Å²) in [6.45, 7) is 2.78. The second kappa shape index (κ2) is 5.94. The highest BCUT2D eigenvalue weighted by Gasteiger charge is 2.19. The predicted molar refractivity (Wildman–Crippen MR) is 102 cm³/mol. The summed E-state index contributed by atoms with van der Waals surface area (Å²) in [4.78, 5) is 7.81. The van der Waals surface area contributed by atoms with Gasteiger partial charge in [-0.25, -0.2) is 8.42 Å². The largest absolute Gasteiger partial charge is 0.351 e. The van der Waals surface area contributed by atoms with Crippen LogP contribution in [-0.4, -0.2) is 30.7 Å². The first-order chi connectivity index (χ1) is 11.5. The fourth-order valence-electron chi connectivity index (χ4n) is 2.70. The van der Waals surface area contributed by atoms with E-state index in [1.165, 1.54) is 11.3 Å². The van der Waals surface area contributed by atoms with Crippen molar-refractivity contribution in [2.45, 2.75) is 11.1 Å². The lowest BCUT2D eigenvalue weighted by Gasteiger charge is -2.09.